The molecule has 0 aliphatic carbocycles. The van der Waals surface area contributed by atoms with E-state index in [1.807, 2.05) is 23.6 Å². The Hall–Kier alpha value is -0.800. The lowest BCUT2D eigenvalue weighted by atomic mass is 10.3. The predicted molar refractivity (Wildman–Crippen MR) is 60.1 cm³/mol. The summed E-state index contributed by atoms with van der Waals surface area (Å²) >= 11 is 4.99. The molecular formula is C10H9BrOS. The summed E-state index contributed by atoms with van der Waals surface area (Å²) in [6.07, 6.45) is 0. The highest BCUT2D eigenvalue weighted by molar-refractivity contribution is 9.11. The maximum Gasteiger partial charge on any atom is 0.115 e. The Morgan fingerprint density at radius 3 is 1.92 bits per heavy atom. The lowest BCUT2D eigenvalue weighted by Crippen LogP contribution is -1.56. The van der Waals surface area contributed by atoms with E-state index in [-0.39, 0.29) is 0 Å². The second-order valence-electron chi connectivity index (χ2n) is 2.25. The van der Waals surface area contributed by atoms with Gasteiger partial charge in [-0.25, -0.2) is 0 Å². The second-order valence-corrected chi connectivity index (χ2v) is 4.58. The van der Waals surface area contributed by atoms with Crippen molar-refractivity contribution >= 4 is 27.3 Å². The predicted octanol–water partition coefficient (Wildman–Crippen LogP) is 3.90. The molecule has 68 valence electrons. The van der Waals surface area contributed by atoms with Gasteiger partial charge in [-0.05, 0) is 39.5 Å². The van der Waals surface area contributed by atoms with Gasteiger partial charge in [0.15, 0.2) is 0 Å². The minimum absolute atomic E-state index is 0.322. The van der Waals surface area contributed by atoms with E-state index >= 15 is 0 Å². The lowest BCUT2D eigenvalue weighted by molar-refractivity contribution is 0.475. The van der Waals surface area contributed by atoms with Crippen molar-refractivity contribution in [3.63, 3.8) is 0 Å². The molecule has 1 nitrogen and oxygen atoms in total. The van der Waals surface area contributed by atoms with E-state index in [1.54, 1.807) is 35.6 Å². The molecule has 0 fully saturated rings. The highest BCUT2D eigenvalue weighted by Crippen LogP contribution is 2.14. The summed E-state index contributed by atoms with van der Waals surface area (Å²) in [5.74, 6) is 0.322. The Balaban J connectivity index is 0.000000132. The number of halogens is 1. The monoisotopic (exact) mass is 256 g/mol. The third-order valence-corrected chi connectivity index (χ3v) is 2.72. The fourth-order valence-electron chi connectivity index (χ4n) is 0.686. The van der Waals surface area contributed by atoms with Gasteiger partial charge in [0.1, 0.15) is 5.75 Å². The standard InChI is InChI=1S/C6H6O.C4H3BrS/c7-6-4-2-1-3-5-6;5-4-2-1-3-6-4/h1-5,7H;1-3H. The Labute approximate surface area is 89.8 Å². The number of hydrogen-bond donors (Lipinski definition) is 1. The number of rotatable bonds is 0. The molecule has 0 aliphatic heterocycles. The van der Waals surface area contributed by atoms with Crippen LogP contribution in [0.5, 0.6) is 5.75 Å². The van der Waals surface area contributed by atoms with Crippen molar-refractivity contribution in [2.45, 2.75) is 0 Å². The average molecular weight is 257 g/mol. The summed E-state index contributed by atoms with van der Waals surface area (Å²) in [5.41, 5.74) is 0. The van der Waals surface area contributed by atoms with Crippen LogP contribution >= 0.6 is 27.3 Å². The first kappa shape index (κ1) is 10.3. The normalized spacial score (nSPS) is 8.69. The molecule has 13 heavy (non-hydrogen) atoms. The molecule has 3 heteroatoms. The molecule has 1 heterocycles. The molecule has 0 spiro atoms. The van der Waals surface area contributed by atoms with E-state index in [0.29, 0.717) is 5.75 Å². The van der Waals surface area contributed by atoms with Crippen LogP contribution in [-0.4, -0.2) is 5.11 Å². The Kier molecular flexibility index (Phi) is 4.57. The number of thiophene rings is 1. The van der Waals surface area contributed by atoms with Crippen LogP contribution in [0.4, 0.5) is 0 Å². The van der Waals surface area contributed by atoms with Gasteiger partial charge < -0.3 is 5.11 Å². The van der Waals surface area contributed by atoms with Crippen LogP contribution < -0.4 is 0 Å². The van der Waals surface area contributed by atoms with Crippen molar-refractivity contribution in [3.8, 4) is 5.75 Å². The van der Waals surface area contributed by atoms with Gasteiger partial charge in [-0.3, -0.25) is 0 Å². The summed E-state index contributed by atoms with van der Waals surface area (Å²) in [6.45, 7) is 0. The summed E-state index contributed by atoms with van der Waals surface area (Å²) < 4.78 is 1.20. The Morgan fingerprint density at radius 1 is 1.00 bits per heavy atom. The third-order valence-electron chi connectivity index (χ3n) is 1.24. The number of phenols is 1. The van der Waals surface area contributed by atoms with Crippen LogP contribution in [0.2, 0.25) is 0 Å². The molecule has 0 aliphatic rings. The molecule has 0 amide bonds. The molecule has 1 aromatic carbocycles. The quantitative estimate of drug-likeness (QED) is 0.758. The highest BCUT2D eigenvalue weighted by atomic mass is 79.9. The van der Waals surface area contributed by atoms with Crippen molar-refractivity contribution < 1.29 is 5.11 Å². The minimum Gasteiger partial charge on any atom is -0.508 e. The van der Waals surface area contributed by atoms with Crippen LogP contribution in [0, 0.1) is 0 Å². The van der Waals surface area contributed by atoms with Crippen molar-refractivity contribution in [1.82, 2.24) is 0 Å². The molecule has 0 bridgehead atoms. The van der Waals surface area contributed by atoms with E-state index in [9.17, 15) is 0 Å². The largest absolute Gasteiger partial charge is 0.508 e. The summed E-state index contributed by atoms with van der Waals surface area (Å²) in [5, 5.41) is 10.7. The first-order valence-electron chi connectivity index (χ1n) is 3.72. The van der Waals surface area contributed by atoms with Crippen LogP contribution in [-0.2, 0) is 0 Å². The van der Waals surface area contributed by atoms with Crippen molar-refractivity contribution in [3.05, 3.63) is 51.6 Å². The van der Waals surface area contributed by atoms with Crippen LogP contribution in [0.3, 0.4) is 0 Å². The van der Waals surface area contributed by atoms with Gasteiger partial charge >= 0.3 is 0 Å². The molecule has 0 saturated carbocycles. The minimum atomic E-state index is 0.322. The van der Waals surface area contributed by atoms with Gasteiger partial charge in [-0.1, -0.05) is 24.3 Å². The topological polar surface area (TPSA) is 20.2 Å². The molecule has 2 aromatic rings. The van der Waals surface area contributed by atoms with Crippen LogP contribution in [0.1, 0.15) is 0 Å². The van der Waals surface area contributed by atoms with Gasteiger partial charge in [-0.15, -0.1) is 11.3 Å². The number of hydrogen-bond acceptors (Lipinski definition) is 2. The average Bonchev–Trinajstić information content (AvgIpc) is 2.58. The maximum absolute atomic E-state index is 8.63. The van der Waals surface area contributed by atoms with E-state index in [4.69, 9.17) is 5.11 Å². The molecular weight excluding hydrogens is 248 g/mol. The fourth-order valence-corrected chi connectivity index (χ4v) is 1.61. The second kappa shape index (κ2) is 5.78. The lowest BCUT2D eigenvalue weighted by Gasteiger charge is -1.82. The molecule has 1 N–H and O–H groups in total. The molecule has 1 aromatic heterocycles. The number of phenolic OH excluding ortho intramolecular Hbond substituents is 1. The van der Waals surface area contributed by atoms with Crippen LogP contribution in [0.15, 0.2) is 51.6 Å². The van der Waals surface area contributed by atoms with Gasteiger partial charge in [0.2, 0.25) is 0 Å². The smallest absolute Gasteiger partial charge is 0.115 e. The van der Waals surface area contributed by atoms with E-state index in [1.165, 1.54) is 3.79 Å². The maximum atomic E-state index is 8.63. The summed E-state index contributed by atoms with van der Waals surface area (Å²) in [7, 11) is 0. The number of aromatic hydroxyl groups is 1. The van der Waals surface area contributed by atoms with Crippen molar-refractivity contribution in [1.29, 1.82) is 0 Å². The van der Waals surface area contributed by atoms with E-state index in [0.717, 1.165) is 0 Å². The summed E-state index contributed by atoms with van der Waals surface area (Å²) in [4.78, 5) is 0. The third kappa shape index (κ3) is 4.70. The first-order chi connectivity index (χ1) is 6.29. The Morgan fingerprint density at radius 2 is 1.69 bits per heavy atom. The Bertz CT molecular complexity index is 318. The van der Waals surface area contributed by atoms with E-state index < -0.39 is 0 Å². The van der Waals surface area contributed by atoms with Gasteiger partial charge in [0, 0.05) is 0 Å². The molecule has 0 atom stereocenters. The van der Waals surface area contributed by atoms with Crippen molar-refractivity contribution in [2.24, 2.45) is 0 Å². The highest BCUT2D eigenvalue weighted by Gasteiger charge is 1.77. The van der Waals surface area contributed by atoms with Gasteiger partial charge in [0.25, 0.3) is 0 Å². The number of para-hydroxylation sites is 1. The zero-order valence-electron chi connectivity index (χ0n) is 6.85. The fraction of sp³-hybridized carbons (Fsp3) is 0. The molecule has 0 unspecified atom stereocenters. The van der Waals surface area contributed by atoms with Gasteiger partial charge in [0.05, 0.1) is 3.79 Å². The SMILES string of the molecule is Brc1cccs1.Oc1ccccc1. The summed E-state index contributed by atoms with van der Waals surface area (Å²) in [6, 6.07) is 12.7. The number of benzene rings is 1. The zero-order valence-corrected chi connectivity index (χ0v) is 9.25. The van der Waals surface area contributed by atoms with E-state index in [2.05, 4.69) is 15.9 Å². The van der Waals surface area contributed by atoms with Crippen LogP contribution in [0.25, 0.3) is 0 Å². The molecule has 0 saturated heterocycles. The van der Waals surface area contributed by atoms with Gasteiger partial charge in [-0.2, -0.15) is 0 Å². The zero-order chi connectivity index (χ0) is 9.52. The molecule has 0 radical (unpaired) electrons. The van der Waals surface area contributed by atoms with Crippen molar-refractivity contribution in [2.75, 3.05) is 0 Å². The first-order valence-corrected chi connectivity index (χ1v) is 5.39. The molecule has 2 rings (SSSR count).